The molecule has 1 nitrogen and oxygen atoms in total. The van der Waals surface area contributed by atoms with E-state index in [0.29, 0.717) is 4.90 Å². The summed E-state index contributed by atoms with van der Waals surface area (Å²) >= 11 is 7.08. The van der Waals surface area contributed by atoms with Gasteiger partial charge in [-0.2, -0.15) is 0 Å². The monoisotopic (exact) mass is 312 g/mol. The van der Waals surface area contributed by atoms with Gasteiger partial charge in [-0.25, -0.2) is 8.78 Å². The molecule has 0 radical (unpaired) electrons. The summed E-state index contributed by atoms with van der Waals surface area (Å²) in [5, 5.41) is 0.245. The Hall–Kier alpha value is -1.39. The zero-order valence-corrected chi connectivity index (χ0v) is 12.0. The molecular weight excluding hydrogens is 302 g/mol. The van der Waals surface area contributed by atoms with Crippen LogP contribution in [0.25, 0.3) is 0 Å². The third-order valence-corrected chi connectivity index (χ3v) is 4.04. The Morgan fingerprint density at radius 2 is 1.90 bits per heavy atom. The molecule has 0 aromatic heterocycles. The van der Waals surface area contributed by atoms with Crippen molar-refractivity contribution in [2.45, 2.75) is 11.3 Å². The average molecular weight is 313 g/mol. The summed E-state index contributed by atoms with van der Waals surface area (Å²) in [5.41, 5.74) is 0.207. The lowest BCUT2D eigenvalue weighted by molar-refractivity contribution is -0.116. The van der Waals surface area contributed by atoms with Crippen molar-refractivity contribution < 1.29 is 13.6 Å². The summed E-state index contributed by atoms with van der Waals surface area (Å²) in [6.07, 6.45) is -0.0617. The van der Waals surface area contributed by atoms with E-state index in [0.717, 1.165) is 0 Å². The van der Waals surface area contributed by atoms with Gasteiger partial charge in [-0.15, -0.1) is 11.8 Å². The van der Waals surface area contributed by atoms with E-state index < -0.39 is 5.82 Å². The van der Waals surface area contributed by atoms with Gasteiger partial charge in [0, 0.05) is 21.9 Å². The summed E-state index contributed by atoms with van der Waals surface area (Å²) in [6.45, 7) is 0. The van der Waals surface area contributed by atoms with Gasteiger partial charge in [0.2, 0.25) is 0 Å². The Morgan fingerprint density at radius 3 is 2.60 bits per heavy atom. The highest BCUT2D eigenvalue weighted by Crippen LogP contribution is 2.22. The van der Waals surface area contributed by atoms with Crippen LogP contribution in [0.4, 0.5) is 8.78 Å². The first kappa shape index (κ1) is 15.0. The Balaban J connectivity index is 1.96. The second-order valence-corrected chi connectivity index (χ2v) is 5.62. The maximum Gasteiger partial charge on any atom is 0.147 e. The fourth-order valence-corrected chi connectivity index (χ4v) is 2.70. The molecule has 104 valence electrons. The van der Waals surface area contributed by atoms with Crippen LogP contribution in [0.5, 0.6) is 0 Å². The molecule has 2 rings (SSSR count). The van der Waals surface area contributed by atoms with Crippen molar-refractivity contribution in [3.05, 3.63) is 64.7 Å². The second kappa shape index (κ2) is 6.86. The molecule has 2 aromatic carbocycles. The summed E-state index contributed by atoms with van der Waals surface area (Å²) < 4.78 is 26.5. The van der Waals surface area contributed by atoms with E-state index in [2.05, 4.69) is 0 Å². The molecule has 0 unspecified atom stereocenters. The van der Waals surface area contributed by atoms with E-state index in [-0.39, 0.29) is 34.4 Å². The van der Waals surface area contributed by atoms with Crippen molar-refractivity contribution in [3.8, 4) is 0 Å². The van der Waals surface area contributed by atoms with Crippen LogP contribution in [0.15, 0.2) is 47.4 Å². The highest BCUT2D eigenvalue weighted by molar-refractivity contribution is 8.00. The molecule has 5 heteroatoms. The number of carbonyl (C=O) groups excluding carboxylic acids is 1. The van der Waals surface area contributed by atoms with E-state index in [1.54, 1.807) is 18.2 Å². The minimum atomic E-state index is -0.485. The Kier molecular flexibility index (Phi) is 5.15. The molecule has 0 bridgehead atoms. The average Bonchev–Trinajstić information content (AvgIpc) is 2.41. The highest BCUT2D eigenvalue weighted by atomic mass is 35.5. The van der Waals surface area contributed by atoms with Gasteiger partial charge in [0.05, 0.1) is 5.75 Å². The van der Waals surface area contributed by atoms with Crippen molar-refractivity contribution >= 4 is 29.1 Å². The summed E-state index contributed by atoms with van der Waals surface area (Å²) in [6, 6.07) is 10.3. The van der Waals surface area contributed by atoms with Crippen LogP contribution < -0.4 is 0 Å². The minimum Gasteiger partial charge on any atom is -0.298 e. The molecule has 0 amide bonds. The Labute approximate surface area is 125 Å². The lowest BCUT2D eigenvalue weighted by Crippen LogP contribution is -2.07. The standard InChI is InChI=1S/C15H11ClF2OS/c16-14-5-2-6-15(18)13(14)8-11(19)9-20-12-4-1-3-10(17)7-12/h1-7H,8-9H2. The number of hydrogen-bond acceptors (Lipinski definition) is 2. The predicted octanol–water partition coefficient (Wildman–Crippen LogP) is 4.52. The number of ketones is 1. The SMILES string of the molecule is O=C(CSc1cccc(F)c1)Cc1c(F)cccc1Cl. The molecule has 20 heavy (non-hydrogen) atoms. The zero-order valence-electron chi connectivity index (χ0n) is 10.4. The van der Waals surface area contributed by atoms with Crippen LogP contribution in [0.3, 0.4) is 0 Å². The Morgan fingerprint density at radius 1 is 1.15 bits per heavy atom. The largest absolute Gasteiger partial charge is 0.298 e. The number of carbonyl (C=O) groups is 1. The first-order valence-electron chi connectivity index (χ1n) is 5.89. The van der Waals surface area contributed by atoms with Gasteiger partial charge in [0.15, 0.2) is 0 Å². The third kappa shape index (κ3) is 4.05. The van der Waals surface area contributed by atoms with E-state index >= 15 is 0 Å². The van der Waals surface area contributed by atoms with Gasteiger partial charge in [-0.1, -0.05) is 23.7 Å². The number of thioether (sulfide) groups is 1. The molecule has 0 saturated heterocycles. The summed E-state index contributed by atoms with van der Waals surface area (Å²) in [4.78, 5) is 12.5. The van der Waals surface area contributed by atoms with Crippen molar-refractivity contribution in [3.63, 3.8) is 0 Å². The molecule has 0 heterocycles. The van der Waals surface area contributed by atoms with Gasteiger partial charge < -0.3 is 0 Å². The summed E-state index contributed by atoms with van der Waals surface area (Å²) in [7, 11) is 0. The molecule has 2 aromatic rings. The first-order valence-corrected chi connectivity index (χ1v) is 7.25. The van der Waals surface area contributed by atoms with Crippen LogP contribution in [-0.2, 0) is 11.2 Å². The normalized spacial score (nSPS) is 10.6. The smallest absolute Gasteiger partial charge is 0.147 e. The molecule has 0 saturated carbocycles. The van der Waals surface area contributed by atoms with E-state index in [1.807, 2.05) is 0 Å². The van der Waals surface area contributed by atoms with Crippen LogP contribution in [0.1, 0.15) is 5.56 Å². The molecule has 0 aliphatic heterocycles. The van der Waals surface area contributed by atoms with Crippen molar-refractivity contribution in [2.75, 3.05) is 5.75 Å². The fraction of sp³-hybridized carbons (Fsp3) is 0.133. The van der Waals surface area contributed by atoms with E-state index in [4.69, 9.17) is 11.6 Å². The molecule has 0 aliphatic rings. The van der Waals surface area contributed by atoms with Crippen molar-refractivity contribution in [1.29, 1.82) is 0 Å². The topological polar surface area (TPSA) is 17.1 Å². The van der Waals surface area contributed by atoms with Gasteiger partial charge in [0.25, 0.3) is 0 Å². The van der Waals surface area contributed by atoms with Crippen LogP contribution in [-0.4, -0.2) is 11.5 Å². The highest BCUT2D eigenvalue weighted by Gasteiger charge is 2.12. The van der Waals surface area contributed by atoms with Crippen molar-refractivity contribution in [2.24, 2.45) is 0 Å². The van der Waals surface area contributed by atoms with Crippen LogP contribution in [0.2, 0.25) is 5.02 Å². The lowest BCUT2D eigenvalue weighted by atomic mass is 10.1. The van der Waals surface area contributed by atoms with Gasteiger partial charge in [-0.3, -0.25) is 4.79 Å². The minimum absolute atomic E-state index is 0.0617. The number of rotatable bonds is 5. The number of halogens is 3. The van der Waals surface area contributed by atoms with Crippen LogP contribution >= 0.6 is 23.4 Å². The first-order chi connectivity index (χ1) is 9.56. The van der Waals surface area contributed by atoms with Gasteiger partial charge in [0.1, 0.15) is 17.4 Å². The molecule has 0 atom stereocenters. The van der Waals surface area contributed by atoms with E-state index in [1.165, 1.54) is 36.0 Å². The summed E-state index contributed by atoms with van der Waals surface area (Å²) in [5.74, 6) is -0.846. The molecule has 0 N–H and O–H groups in total. The van der Waals surface area contributed by atoms with Crippen molar-refractivity contribution in [1.82, 2.24) is 0 Å². The Bertz CT molecular complexity index is 611. The third-order valence-electron chi connectivity index (χ3n) is 2.63. The molecule has 0 fully saturated rings. The molecular formula is C15H11ClF2OS. The number of hydrogen-bond donors (Lipinski definition) is 0. The van der Waals surface area contributed by atoms with Gasteiger partial charge in [-0.05, 0) is 30.3 Å². The molecule has 0 spiro atoms. The van der Waals surface area contributed by atoms with E-state index in [9.17, 15) is 13.6 Å². The predicted molar refractivity (Wildman–Crippen MR) is 77.2 cm³/mol. The molecule has 0 aliphatic carbocycles. The maximum absolute atomic E-state index is 13.5. The number of benzene rings is 2. The quantitative estimate of drug-likeness (QED) is 0.755. The van der Waals surface area contributed by atoms with Crippen LogP contribution in [0, 0.1) is 11.6 Å². The fourth-order valence-electron chi connectivity index (χ4n) is 1.67. The second-order valence-electron chi connectivity index (χ2n) is 4.16. The number of Topliss-reactive ketones (excluding diaryl/α,β-unsaturated/α-hetero) is 1. The van der Waals surface area contributed by atoms with Gasteiger partial charge >= 0.3 is 0 Å². The lowest BCUT2D eigenvalue weighted by Gasteiger charge is -2.05. The maximum atomic E-state index is 13.5. The zero-order chi connectivity index (χ0) is 14.5.